The van der Waals surface area contributed by atoms with Crippen molar-refractivity contribution in [2.45, 2.75) is 46.0 Å². The van der Waals surface area contributed by atoms with E-state index in [0.29, 0.717) is 0 Å². The van der Waals surface area contributed by atoms with Crippen molar-refractivity contribution in [3.05, 3.63) is 0 Å². The summed E-state index contributed by atoms with van der Waals surface area (Å²) >= 11 is 3.86. The molecule has 0 radical (unpaired) electrons. The van der Waals surface area contributed by atoms with Crippen LogP contribution in [0.2, 0.25) is 0 Å². The summed E-state index contributed by atoms with van der Waals surface area (Å²) in [5.74, 6) is 2.57. The summed E-state index contributed by atoms with van der Waals surface area (Å²) in [4.78, 5) is 5.08. The molecule has 2 N–H and O–H groups in total. The van der Waals surface area contributed by atoms with Crippen molar-refractivity contribution in [3.8, 4) is 0 Å². The molecule has 0 unspecified atom stereocenters. The summed E-state index contributed by atoms with van der Waals surface area (Å²) in [7, 11) is 0. The second-order valence-corrected chi connectivity index (χ2v) is 9.87. The molecule has 2 fully saturated rings. The van der Waals surface area contributed by atoms with Crippen molar-refractivity contribution in [3.63, 3.8) is 0 Å². The molecule has 0 amide bonds. The van der Waals surface area contributed by atoms with Crippen LogP contribution in [0.25, 0.3) is 0 Å². The van der Waals surface area contributed by atoms with Gasteiger partial charge in [-0.15, -0.1) is 0 Å². The minimum atomic E-state index is 0. The zero-order valence-corrected chi connectivity index (χ0v) is 20.9. The number of nitrogens with zero attached hydrogens (tertiary/aromatic N) is 2. The molecule has 0 bridgehead atoms. The third-order valence-electron chi connectivity index (χ3n) is 5.36. The van der Waals surface area contributed by atoms with Crippen molar-refractivity contribution in [1.29, 1.82) is 0 Å². The molecule has 0 aromatic carbocycles. The minimum absolute atomic E-state index is 0. The lowest BCUT2D eigenvalue weighted by Crippen LogP contribution is -2.37. The van der Waals surface area contributed by atoms with Crippen molar-refractivity contribution in [2.75, 3.05) is 103 Å². The maximum atomic E-state index is 5.31. The Hall–Kier alpha value is 0.500. The van der Waals surface area contributed by atoms with Gasteiger partial charge in [-0.25, -0.2) is 0 Å². The Balaban J connectivity index is 0.000000544. The van der Waals surface area contributed by atoms with Crippen LogP contribution < -0.4 is 10.6 Å². The van der Waals surface area contributed by atoms with Crippen LogP contribution in [0.5, 0.6) is 0 Å². The predicted octanol–water partition coefficient (Wildman–Crippen LogP) is 3.50. The molecule has 2 aliphatic heterocycles. The first kappa shape index (κ1) is 30.5. The lowest BCUT2D eigenvalue weighted by molar-refractivity contribution is 0.0374. The van der Waals surface area contributed by atoms with Gasteiger partial charge in [-0.1, -0.05) is 7.43 Å². The molecule has 2 rings (SSSR count). The molecule has 7 heteroatoms. The van der Waals surface area contributed by atoms with Gasteiger partial charge >= 0.3 is 0 Å². The number of ether oxygens (including phenoxy) is 1. The van der Waals surface area contributed by atoms with Gasteiger partial charge in [0.15, 0.2) is 0 Å². The Morgan fingerprint density at radius 3 is 1.57 bits per heavy atom. The maximum Gasteiger partial charge on any atom is 0.0594 e. The highest BCUT2D eigenvalue weighted by atomic mass is 32.2. The van der Waals surface area contributed by atoms with Gasteiger partial charge in [0.2, 0.25) is 0 Å². The Morgan fingerprint density at radius 1 is 0.667 bits per heavy atom. The second-order valence-electron chi connectivity index (χ2n) is 7.90. The van der Waals surface area contributed by atoms with E-state index < -0.39 is 0 Å². The summed E-state index contributed by atoms with van der Waals surface area (Å²) in [5, 5.41) is 6.99. The number of thioether (sulfide) groups is 2. The first-order chi connectivity index (χ1) is 14.4. The van der Waals surface area contributed by atoms with Gasteiger partial charge in [-0.3, -0.25) is 4.90 Å². The van der Waals surface area contributed by atoms with Crippen molar-refractivity contribution >= 4 is 23.5 Å². The van der Waals surface area contributed by atoms with Crippen LogP contribution >= 0.6 is 23.5 Å². The predicted molar refractivity (Wildman–Crippen MR) is 141 cm³/mol. The normalized spacial score (nSPS) is 17.4. The fourth-order valence-corrected chi connectivity index (χ4v) is 4.49. The van der Waals surface area contributed by atoms with E-state index in [0.717, 1.165) is 32.8 Å². The van der Waals surface area contributed by atoms with E-state index >= 15 is 0 Å². The first-order valence-electron chi connectivity index (χ1n) is 11.8. The molecule has 0 aromatic rings. The number of hydrogen-bond acceptors (Lipinski definition) is 7. The molecule has 0 atom stereocenters. The summed E-state index contributed by atoms with van der Waals surface area (Å²) in [5.41, 5.74) is 0. The van der Waals surface area contributed by atoms with E-state index in [1.54, 1.807) is 0 Å². The van der Waals surface area contributed by atoms with E-state index in [9.17, 15) is 0 Å². The maximum absolute atomic E-state index is 5.31. The number of hydrogen-bond donors (Lipinski definition) is 2. The first-order valence-corrected chi connectivity index (χ1v) is 14.6. The second kappa shape index (κ2) is 24.1. The monoisotopic (exact) mass is 464 g/mol. The highest BCUT2D eigenvalue weighted by Crippen LogP contribution is 2.06. The Bertz CT molecular complexity index is 328. The highest BCUT2D eigenvalue weighted by Gasteiger charge is 2.10. The van der Waals surface area contributed by atoms with Gasteiger partial charge in [0.25, 0.3) is 0 Å². The molecule has 2 saturated heterocycles. The van der Waals surface area contributed by atoms with Gasteiger partial charge < -0.3 is 20.3 Å². The fraction of sp³-hybridized carbons (Fsp3) is 1.00. The standard InChI is InChI=1S/C11H24N2OS.C11H24N2S.CH4/c1-15-11-3-5-12-4-2-6-13-7-9-14-10-8-13;1-14-11-5-7-12-6-4-10-13-8-2-3-9-13;/h12H,2-11H2,1H3;12H,2-11H2,1H3;1H4. The highest BCUT2D eigenvalue weighted by molar-refractivity contribution is 7.98. The van der Waals surface area contributed by atoms with Crippen LogP contribution in [0.3, 0.4) is 0 Å². The van der Waals surface area contributed by atoms with Crippen LogP contribution in [-0.2, 0) is 4.74 Å². The van der Waals surface area contributed by atoms with Crippen LogP contribution in [0.15, 0.2) is 0 Å². The van der Waals surface area contributed by atoms with Gasteiger partial charge in [-0.05, 0) is 115 Å². The number of morpholine rings is 1. The van der Waals surface area contributed by atoms with Crippen molar-refractivity contribution in [2.24, 2.45) is 0 Å². The topological polar surface area (TPSA) is 39.8 Å². The fourth-order valence-electron chi connectivity index (χ4n) is 3.62. The molecular formula is C23H52N4OS2. The number of nitrogens with one attached hydrogen (secondary N) is 2. The molecule has 182 valence electrons. The van der Waals surface area contributed by atoms with E-state index in [1.165, 1.54) is 95.8 Å². The molecule has 0 saturated carbocycles. The molecule has 2 heterocycles. The van der Waals surface area contributed by atoms with E-state index in [4.69, 9.17) is 4.74 Å². The van der Waals surface area contributed by atoms with E-state index in [2.05, 4.69) is 32.9 Å². The number of likely N-dealkylation sites (tertiary alicyclic amines) is 1. The molecule has 30 heavy (non-hydrogen) atoms. The summed E-state index contributed by atoms with van der Waals surface area (Å²) in [6.45, 7) is 14.0. The molecular weight excluding hydrogens is 412 g/mol. The molecule has 2 aliphatic rings. The van der Waals surface area contributed by atoms with E-state index in [1.807, 2.05) is 23.5 Å². The van der Waals surface area contributed by atoms with Crippen LogP contribution in [-0.4, -0.2) is 112 Å². The molecule has 0 spiro atoms. The minimum Gasteiger partial charge on any atom is -0.379 e. The lowest BCUT2D eigenvalue weighted by Gasteiger charge is -2.26. The summed E-state index contributed by atoms with van der Waals surface area (Å²) in [6.07, 6.45) is 12.4. The molecule has 0 aromatic heterocycles. The average molecular weight is 465 g/mol. The third-order valence-corrected chi connectivity index (χ3v) is 6.76. The number of rotatable bonds is 16. The zero-order valence-electron chi connectivity index (χ0n) is 19.3. The van der Waals surface area contributed by atoms with Crippen molar-refractivity contribution in [1.82, 2.24) is 20.4 Å². The Kier molecular flexibility index (Phi) is 24.6. The van der Waals surface area contributed by atoms with Gasteiger partial charge in [-0.2, -0.15) is 23.5 Å². The van der Waals surface area contributed by atoms with Crippen LogP contribution in [0.4, 0.5) is 0 Å². The van der Waals surface area contributed by atoms with Crippen LogP contribution in [0.1, 0.15) is 46.0 Å². The lowest BCUT2D eigenvalue weighted by atomic mass is 10.3. The Morgan fingerprint density at radius 2 is 1.10 bits per heavy atom. The average Bonchev–Trinajstić information content (AvgIpc) is 3.27. The van der Waals surface area contributed by atoms with Gasteiger partial charge in [0.1, 0.15) is 0 Å². The molecule has 5 nitrogen and oxygen atoms in total. The quantitative estimate of drug-likeness (QED) is 0.339. The largest absolute Gasteiger partial charge is 0.379 e. The smallest absolute Gasteiger partial charge is 0.0594 e. The van der Waals surface area contributed by atoms with Gasteiger partial charge in [0, 0.05) is 13.1 Å². The van der Waals surface area contributed by atoms with E-state index in [-0.39, 0.29) is 7.43 Å². The van der Waals surface area contributed by atoms with Crippen LogP contribution in [0, 0.1) is 0 Å². The summed E-state index contributed by atoms with van der Waals surface area (Å²) < 4.78 is 5.31. The SMILES string of the molecule is C.CSCCCNCCCN1CCCC1.CSCCCNCCCN1CCOCC1. The summed E-state index contributed by atoms with van der Waals surface area (Å²) in [6, 6.07) is 0. The molecule has 0 aliphatic carbocycles. The zero-order chi connectivity index (χ0) is 20.8. The Labute approximate surface area is 197 Å². The van der Waals surface area contributed by atoms with Crippen molar-refractivity contribution < 1.29 is 4.74 Å². The van der Waals surface area contributed by atoms with Gasteiger partial charge in [0.05, 0.1) is 13.2 Å². The third kappa shape index (κ3) is 19.2.